The van der Waals surface area contributed by atoms with Crippen molar-refractivity contribution in [1.82, 2.24) is 0 Å². The number of carbonyl (C=O) groups excluding carboxylic acids is 3. The summed E-state index contributed by atoms with van der Waals surface area (Å²) in [6.07, 6.45) is 10.2. The first-order chi connectivity index (χ1) is 17.5. The van der Waals surface area contributed by atoms with Crippen LogP contribution in [0.15, 0.2) is 11.6 Å². The van der Waals surface area contributed by atoms with Crippen molar-refractivity contribution >= 4 is 17.7 Å². The molecule has 8 atom stereocenters. The molecule has 1 unspecified atom stereocenters. The lowest BCUT2D eigenvalue weighted by atomic mass is 9.33. The van der Waals surface area contributed by atoms with Crippen LogP contribution in [-0.4, -0.2) is 30.9 Å². The van der Waals surface area contributed by atoms with Crippen LogP contribution in [-0.2, 0) is 23.9 Å². The molecule has 0 heterocycles. The maximum Gasteiger partial charge on any atom is 0.312 e. The van der Waals surface area contributed by atoms with Gasteiger partial charge in [0, 0.05) is 18.3 Å². The molecule has 0 radical (unpaired) electrons. The van der Waals surface area contributed by atoms with Crippen LogP contribution in [0.1, 0.15) is 113 Å². The first-order valence-corrected chi connectivity index (χ1v) is 15.0. The highest BCUT2D eigenvalue weighted by Gasteiger charge is 2.71. The Morgan fingerprint density at radius 3 is 2.18 bits per heavy atom. The van der Waals surface area contributed by atoms with Crippen molar-refractivity contribution in [2.45, 2.75) is 119 Å². The van der Waals surface area contributed by atoms with Crippen molar-refractivity contribution in [3.8, 4) is 0 Å². The lowest BCUT2D eigenvalue weighted by Crippen LogP contribution is -2.67. The van der Waals surface area contributed by atoms with Crippen molar-refractivity contribution in [2.24, 2.45) is 50.2 Å². The zero-order chi connectivity index (χ0) is 28.1. The Bertz CT molecular complexity index is 1080. The van der Waals surface area contributed by atoms with Gasteiger partial charge >= 0.3 is 11.9 Å². The van der Waals surface area contributed by atoms with Gasteiger partial charge in [0.15, 0.2) is 5.78 Å². The Labute approximate surface area is 229 Å². The van der Waals surface area contributed by atoms with Gasteiger partial charge in [0.25, 0.3) is 0 Å². The summed E-state index contributed by atoms with van der Waals surface area (Å²) in [5, 5.41) is 0. The molecular formula is C33H50O5. The van der Waals surface area contributed by atoms with Crippen molar-refractivity contribution in [2.75, 3.05) is 7.11 Å². The molecule has 5 aliphatic rings. The zero-order valence-electron chi connectivity index (χ0n) is 25.3. The van der Waals surface area contributed by atoms with Crippen molar-refractivity contribution in [3.63, 3.8) is 0 Å². The number of esters is 2. The second-order valence-corrected chi connectivity index (χ2v) is 15.8. The fourth-order valence-corrected chi connectivity index (χ4v) is 11.0. The molecule has 0 amide bonds. The van der Waals surface area contributed by atoms with Crippen molar-refractivity contribution in [3.05, 3.63) is 11.6 Å². The minimum atomic E-state index is -0.510. The summed E-state index contributed by atoms with van der Waals surface area (Å²) in [4.78, 5) is 39.8. The van der Waals surface area contributed by atoms with Crippen molar-refractivity contribution in [1.29, 1.82) is 0 Å². The summed E-state index contributed by atoms with van der Waals surface area (Å²) in [5.74, 6) is 0.260. The lowest BCUT2D eigenvalue weighted by molar-refractivity contribution is -0.211. The molecule has 5 heteroatoms. The van der Waals surface area contributed by atoms with Gasteiger partial charge in [0.2, 0.25) is 0 Å². The molecule has 0 aromatic rings. The van der Waals surface area contributed by atoms with Gasteiger partial charge in [0.05, 0.1) is 12.5 Å². The molecule has 0 aromatic heterocycles. The van der Waals surface area contributed by atoms with Gasteiger partial charge in [-0.3, -0.25) is 14.4 Å². The Kier molecular flexibility index (Phi) is 6.19. The third-order valence-corrected chi connectivity index (χ3v) is 13.2. The predicted molar refractivity (Wildman–Crippen MR) is 147 cm³/mol. The van der Waals surface area contributed by atoms with Crippen LogP contribution in [0.5, 0.6) is 0 Å². The van der Waals surface area contributed by atoms with E-state index in [9.17, 15) is 14.4 Å². The number of ether oxygens (including phenoxy) is 2. The quantitative estimate of drug-likeness (QED) is 0.360. The second-order valence-electron chi connectivity index (χ2n) is 15.8. The molecule has 5 rings (SSSR count). The van der Waals surface area contributed by atoms with E-state index < -0.39 is 5.41 Å². The predicted octanol–water partition coefficient (Wildman–Crippen LogP) is 7.07. The number of carbonyl (C=O) groups is 3. The fourth-order valence-electron chi connectivity index (χ4n) is 11.0. The summed E-state index contributed by atoms with van der Waals surface area (Å²) >= 11 is 0. The smallest absolute Gasteiger partial charge is 0.312 e. The molecule has 212 valence electrons. The Balaban J connectivity index is 1.60. The normalized spacial score (nSPS) is 46.9. The Hall–Kier alpha value is -1.65. The van der Waals surface area contributed by atoms with Crippen LogP contribution in [0, 0.1) is 50.2 Å². The molecule has 0 N–H and O–H groups in total. The molecule has 0 aromatic carbocycles. The molecule has 0 aliphatic heterocycles. The third-order valence-electron chi connectivity index (χ3n) is 13.2. The van der Waals surface area contributed by atoms with Gasteiger partial charge in [-0.05, 0) is 97.4 Å². The summed E-state index contributed by atoms with van der Waals surface area (Å²) in [7, 11) is 1.52. The number of hydrogen-bond donors (Lipinski definition) is 0. The standard InChI is InChI=1S/C33H50O5/c1-20(34)38-25-11-12-30(6)24(29(25,4)5)10-13-32(8)26(30)23(35)18-21-22-19-28(2,3)14-16-33(22,27(36)37-9)17-15-31(21,32)7/h18,22,24-26H,10-17,19H2,1-9H3/t22-,24?,25-,26+,30-,31+,32+,33-/m0/s1. The molecule has 4 fully saturated rings. The van der Waals surface area contributed by atoms with E-state index >= 15 is 0 Å². The van der Waals surface area contributed by atoms with E-state index in [2.05, 4.69) is 48.5 Å². The van der Waals surface area contributed by atoms with E-state index in [1.54, 1.807) is 0 Å². The Morgan fingerprint density at radius 1 is 0.895 bits per heavy atom. The lowest BCUT2D eigenvalue weighted by Gasteiger charge is -2.70. The first-order valence-electron chi connectivity index (χ1n) is 15.0. The minimum absolute atomic E-state index is 0.0563. The van der Waals surface area contributed by atoms with E-state index in [4.69, 9.17) is 9.47 Å². The third kappa shape index (κ3) is 3.51. The van der Waals surface area contributed by atoms with Gasteiger partial charge < -0.3 is 9.47 Å². The topological polar surface area (TPSA) is 69.7 Å². The molecule has 0 spiro atoms. The fraction of sp³-hybridized carbons (Fsp3) is 0.848. The number of methoxy groups -OCH3 is 1. The van der Waals surface area contributed by atoms with Gasteiger partial charge in [-0.25, -0.2) is 0 Å². The maximum atomic E-state index is 14.5. The average molecular weight is 527 g/mol. The van der Waals surface area contributed by atoms with Crippen LogP contribution < -0.4 is 0 Å². The molecule has 0 bridgehead atoms. The van der Waals surface area contributed by atoms with Gasteiger partial charge in [-0.2, -0.15) is 0 Å². The van der Waals surface area contributed by atoms with Gasteiger partial charge in [0.1, 0.15) is 6.10 Å². The monoisotopic (exact) mass is 526 g/mol. The number of fused-ring (bicyclic) bond motifs is 7. The number of allylic oxidation sites excluding steroid dienone is 2. The van der Waals surface area contributed by atoms with E-state index in [0.717, 1.165) is 57.8 Å². The zero-order valence-corrected chi connectivity index (χ0v) is 25.3. The number of hydrogen-bond acceptors (Lipinski definition) is 5. The van der Waals surface area contributed by atoms with E-state index in [-0.39, 0.29) is 62.7 Å². The van der Waals surface area contributed by atoms with E-state index in [0.29, 0.717) is 5.92 Å². The maximum absolute atomic E-state index is 14.5. The van der Waals surface area contributed by atoms with Gasteiger partial charge in [-0.1, -0.05) is 54.0 Å². The number of rotatable bonds is 2. The highest BCUT2D eigenvalue weighted by Crippen LogP contribution is 2.75. The molecule has 4 saturated carbocycles. The van der Waals surface area contributed by atoms with E-state index in [1.807, 2.05) is 6.08 Å². The van der Waals surface area contributed by atoms with E-state index in [1.165, 1.54) is 19.6 Å². The van der Waals surface area contributed by atoms with Crippen LogP contribution >= 0.6 is 0 Å². The summed E-state index contributed by atoms with van der Waals surface area (Å²) in [6, 6.07) is 0. The molecule has 0 saturated heterocycles. The highest BCUT2D eigenvalue weighted by molar-refractivity contribution is 5.96. The Morgan fingerprint density at radius 2 is 1.55 bits per heavy atom. The average Bonchev–Trinajstić information content (AvgIpc) is 2.81. The number of ketones is 1. The van der Waals surface area contributed by atoms with Gasteiger partial charge in [-0.15, -0.1) is 0 Å². The minimum Gasteiger partial charge on any atom is -0.469 e. The van der Waals surface area contributed by atoms with Crippen molar-refractivity contribution < 1.29 is 23.9 Å². The van der Waals surface area contributed by atoms with Crippen LogP contribution in [0.2, 0.25) is 0 Å². The second kappa shape index (κ2) is 8.43. The summed E-state index contributed by atoms with van der Waals surface area (Å²) < 4.78 is 11.3. The molecular weight excluding hydrogens is 476 g/mol. The highest BCUT2D eigenvalue weighted by atomic mass is 16.5. The summed E-state index contributed by atoms with van der Waals surface area (Å²) in [6.45, 7) is 17.8. The van der Waals surface area contributed by atoms with Crippen LogP contribution in [0.3, 0.4) is 0 Å². The SMILES string of the molecule is COC(=O)[C@]12CCC(C)(C)C[C@H]1C1=CC(=O)[C@@H]3[C@@]4(C)CC[C@H](OC(C)=O)C(C)(C)C4CC[C@@]3(C)[C@]1(C)CC2. The molecule has 5 aliphatic carbocycles. The van der Waals surface area contributed by atoms with Crippen LogP contribution in [0.25, 0.3) is 0 Å². The summed E-state index contributed by atoms with van der Waals surface area (Å²) in [5.41, 5.74) is 0.207. The molecule has 38 heavy (non-hydrogen) atoms. The first kappa shape index (κ1) is 27.9. The van der Waals surface area contributed by atoms with Crippen LogP contribution in [0.4, 0.5) is 0 Å². The largest absolute Gasteiger partial charge is 0.469 e. The molecule has 5 nitrogen and oxygen atoms in total.